The lowest BCUT2D eigenvalue weighted by Gasteiger charge is -2.22. The van der Waals surface area contributed by atoms with E-state index < -0.39 is 17.2 Å². The van der Waals surface area contributed by atoms with Gasteiger partial charge in [0.25, 0.3) is 11.3 Å². The number of anilines is 2. The molecule has 4 aromatic rings. The summed E-state index contributed by atoms with van der Waals surface area (Å²) in [4.78, 5) is 10.8. The van der Waals surface area contributed by atoms with E-state index in [0.29, 0.717) is 29.3 Å². The van der Waals surface area contributed by atoms with Crippen molar-refractivity contribution in [1.82, 2.24) is 0 Å². The van der Waals surface area contributed by atoms with Gasteiger partial charge in [-0.25, -0.2) is 8.51 Å². The van der Waals surface area contributed by atoms with Crippen molar-refractivity contribution in [2.75, 3.05) is 17.5 Å². The number of hydrogen-bond donors (Lipinski definition) is 2. The van der Waals surface area contributed by atoms with Crippen LogP contribution in [0.2, 0.25) is 0 Å². The SMILES string of the molecule is O=C(O)CCc1ccccc1OCCOc1ccc(N(c2cccc3ccccc23)S(=O)O)cc1. The normalized spacial score (nSPS) is 11.7. The minimum Gasteiger partial charge on any atom is -0.490 e. The van der Waals surface area contributed by atoms with Crippen LogP contribution in [0.4, 0.5) is 11.4 Å². The number of aryl methyl sites for hydroxylation is 1. The van der Waals surface area contributed by atoms with Crippen LogP contribution in [0, 0.1) is 0 Å². The monoisotopic (exact) mass is 491 g/mol. The molecule has 180 valence electrons. The third-order valence-electron chi connectivity index (χ3n) is 5.40. The second kappa shape index (κ2) is 11.5. The number of benzene rings is 4. The van der Waals surface area contributed by atoms with Crippen LogP contribution in [0.25, 0.3) is 10.8 Å². The molecule has 0 aliphatic carbocycles. The van der Waals surface area contributed by atoms with E-state index in [-0.39, 0.29) is 19.6 Å². The van der Waals surface area contributed by atoms with E-state index in [0.717, 1.165) is 16.3 Å². The van der Waals surface area contributed by atoms with Crippen LogP contribution in [-0.4, -0.2) is 33.1 Å². The molecule has 0 heterocycles. The number of ether oxygens (including phenoxy) is 2. The summed E-state index contributed by atoms with van der Waals surface area (Å²) < 4.78 is 35.2. The van der Waals surface area contributed by atoms with Gasteiger partial charge in [-0.05, 0) is 53.8 Å². The fourth-order valence-corrected chi connectivity index (χ4v) is 4.41. The van der Waals surface area contributed by atoms with E-state index >= 15 is 0 Å². The van der Waals surface area contributed by atoms with E-state index in [2.05, 4.69) is 0 Å². The Kier molecular flexibility index (Phi) is 7.97. The van der Waals surface area contributed by atoms with Gasteiger partial charge in [0.2, 0.25) is 0 Å². The number of carbonyl (C=O) groups is 1. The summed E-state index contributed by atoms with van der Waals surface area (Å²) in [5.74, 6) is 0.387. The first kappa shape index (κ1) is 24.3. The van der Waals surface area contributed by atoms with Crippen molar-refractivity contribution in [3.63, 3.8) is 0 Å². The van der Waals surface area contributed by atoms with Crippen LogP contribution in [0.1, 0.15) is 12.0 Å². The Hall–Kier alpha value is -3.88. The summed E-state index contributed by atoms with van der Waals surface area (Å²) in [5, 5.41) is 10.8. The zero-order chi connectivity index (χ0) is 24.6. The summed E-state index contributed by atoms with van der Waals surface area (Å²) in [6.07, 6.45) is 0.435. The van der Waals surface area contributed by atoms with Crippen LogP contribution in [0.3, 0.4) is 0 Å². The van der Waals surface area contributed by atoms with Crippen molar-refractivity contribution >= 4 is 39.4 Å². The highest BCUT2D eigenvalue weighted by Crippen LogP contribution is 2.34. The molecule has 0 bridgehead atoms. The van der Waals surface area contributed by atoms with Crippen LogP contribution in [0.15, 0.2) is 91.0 Å². The molecule has 0 saturated carbocycles. The van der Waals surface area contributed by atoms with Crippen molar-refractivity contribution in [2.45, 2.75) is 12.8 Å². The molecule has 0 spiro atoms. The van der Waals surface area contributed by atoms with Gasteiger partial charge in [-0.3, -0.25) is 9.35 Å². The maximum Gasteiger partial charge on any atom is 0.303 e. The Balaban J connectivity index is 1.39. The summed E-state index contributed by atoms with van der Waals surface area (Å²) >= 11 is -2.27. The molecule has 0 aliphatic rings. The van der Waals surface area contributed by atoms with Gasteiger partial charge < -0.3 is 14.6 Å². The maximum absolute atomic E-state index is 12.2. The molecule has 0 radical (unpaired) electrons. The highest BCUT2D eigenvalue weighted by atomic mass is 32.2. The van der Waals surface area contributed by atoms with Crippen molar-refractivity contribution in [3.8, 4) is 11.5 Å². The number of nitrogens with zero attached hydrogens (tertiary/aromatic N) is 1. The summed E-state index contributed by atoms with van der Waals surface area (Å²) in [6, 6.07) is 27.6. The van der Waals surface area contributed by atoms with Gasteiger partial charge in [0, 0.05) is 11.8 Å². The van der Waals surface area contributed by atoms with Crippen molar-refractivity contribution in [1.29, 1.82) is 0 Å². The van der Waals surface area contributed by atoms with Crippen molar-refractivity contribution < 1.29 is 28.1 Å². The minimum atomic E-state index is -2.27. The predicted octanol–water partition coefficient (Wildman–Crippen LogP) is 5.59. The molecule has 2 N–H and O–H groups in total. The molecule has 0 aliphatic heterocycles. The predicted molar refractivity (Wildman–Crippen MR) is 137 cm³/mol. The second-order valence-electron chi connectivity index (χ2n) is 7.72. The number of carboxylic acids is 1. The van der Waals surface area contributed by atoms with Crippen LogP contribution in [0.5, 0.6) is 11.5 Å². The summed E-state index contributed by atoms with van der Waals surface area (Å²) in [5.41, 5.74) is 2.02. The van der Waals surface area contributed by atoms with Crippen molar-refractivity contribution in [2.24, 2.45) is 0 Å². The van der Waals surface area contributed by atoms with E-state index in [1.54, 1.807) is 24.3 Å². The average molecular weight is 492 g/mol. The number of hydrogen-bond acceptors (Lipinski definition) is 4. The zero-order valence-corrected chi connectivity index (χ0v) is 19.7. The van der Waals surface area contributed by atoms with E-state index in [9.17, 15) is 13.6 Å². The Morgan fingerprint density at radius 2 is 1.51 bits per heavy atom. The Bertz CT molecular complexity index is 1320. The Morgan fingerprint density at radius 1 is 0.829 bits per heavy atom. The Morgan fingerprint density at radius 3 is 2.29 bits per heavy atom. The zero-order valence-electron chi connectivity index (χ0n) is 18.9. The number of carboxylic acid groups (broad SMARTS) is 1. The molecule has 35 heavy (non-hydrogen) atoms. The van der Waals surface area contributed by atoms with E-state index in [4.69, 9.17) is 14.6 Å². The molecule has 0 saturated heterocycles. The smallest absolute Gasteiger partial charge is 0.303 e. The van der Waals surface area contributed by atoms with Crippen LogP contribution < -0.4 is 13.8 Å². The molecule has 1 atom stereocenters. The molecule has 0 aromatic heterocycles. The lowest BCUT2D eigenvalue weighted by Crippen LogP contribution is -2.19. The standard InChI is InChI=1S/C27H25NO6S/c29-27(30)17-12-21-7-2-4-11-26(21)34-19-18-33-23-15-13-22(14-16-23)28(35(31)32)25-10-5-8-20-6-1-3-9-24(20)25/h1-11,13-16H,12,17-19H2,(H,29,30)(H,31,32). The number of para-hydroxylation sites is 1. The summed E-state index contributed by atoms with van der Waals surface area (Å²) in [6.45, 7) is 0.570. The molecule has 1 unspecified atom stereocenters. The van der Waals surface area contributed by atoms with Gasteiger partial charge in [0.1, 0.15) is 24.7 Å². The third kappa shape index (κ3) is 6.17. The van der Waals surface area contributed by atoms with Crippen LogP contribution in [-0.2, 0) is 22.5 Å². The van der Waals surface area contributed by atoms with Gasteiger partial charge in [0.15, 0.2) is 0 Å². The fourth-order valence-electron chi connectivity index (χ4n) is 3.78. The number of fused-ring (bicyclic) bond motifs is 1. The molecule has 4 rings (SSSR count). The van der Waals surface area contributed by atoms with E-state index in [1.807, 2.05) is 66.7 Å². The van der Waals surface area contributed by atoms with Gasteiger partial charge >= 0.3 is 5.97 Å². The molecule has 0 amide bonds. The van der Waals surface area contributed by atoms with Crippen LogP contribution >= 0.6 is 0 Å². The molecule has 0 fully saturated rings. The largest absolute Gasteiger partial charge is 0.490 e. The molecule has 7 nitrogen and oxygen atoms in total. The fraction of sp³-hybridized carbons (Fsp3) is 0.148. The topological polar surface area (TPSA) is 96.3 Å². The molecular weight excluding hydrogens is 466 g/mol. The molecular formula is C27H25NO6S. The average Bonchev–Trinajstić information content (AvgIpc) is 2.87. The van der Waals surface area contributed by atoms with E-state index in [1.165, 1.54) is 4.31 Å². The van der Waals surface area contributed by atoms with Gasteiger partial charge in [0.05, 0.1) is 11.4 Å². The maximum atomic E-state index is 12.2. The highest BCUT2D eigenvalue weighted by molar-refractivity contribution is 7.81. The third-order valence-corrected chi connectivity index (χ3v) is 6.12. The summed E-state index contributed by atoms with van der Waals surface area (Å²) in [7, 11) is 0. The Labute approximate surface area is 206 Å². The second-order valence-corrected chi connectivity index (χ2v) is 8.54. The lowest BCUT2D eigenvalue weighted by molar-refractivity contribution is -0.136. The first-order valence-electron chi connectivity index (χ1n) is 11.1. The first-order chi connectivity index (χ1) is 17.0. The van der Waals surface area contributed by atoms with Crippen molar-refractivity contribution in [3.05, 3.63) is 96.6 Å². The molecule has 4 aromatic carbocycles. The minimum absolute atomic E-state index is 0.0393. The first-order valence-corrected chi connectivity index (χ1v) is 12.1. The van der Waals surface area contributed by atoms with Gasteiger partial charge in [-0.1, -0.05) is 54.6 Å². The molecule has 8 heteroatoms. The highest BCUT2D eigenvalue weighted by Gasteiger charge is 2.17. The lowest BCUT2D eigenvalue weighted by atomic mass is 10.1. The number of aliphatic carboxylic acids is 1. The quantitative estimate of drug-likeness (QED) is 0.210. The van der Waals surface area contributed by atoms with Gasteiger partial charge in [-0.15, -0.1) is 0 Å². The van der Waals surface area contributed by atoms with Gasteiger partial charge in [-0.2, -0.15) is 0 Å². The number of rotatable bonds is 11.